The number of aliphatic hydroxyl groups excluding tert-OH is 1. The number of anilines is 1. The van der Waals surface area contributed by atoms with Gasteiger partial charge in [0.1, 0.15) is 18.4 Å². The van der Waals surface area contributed by atoms with Crippen molar-refractivity contribution in [3.05, 3.63) is 29.8 Å². The monoisotopic (exact) mass is 678 g/mol. The van der Waals surface area contributed by atoms with Crippen molar-refractivity contribution in [2.45, 2.75) is 105 Å². The molecule has 0 aliphatic carbocycles. The molecule has 0 aromatic heterocycles. The number of benzene rings is 1. The molecule has 3 unspecified atom stereocenters. The van der Waals surface area contributed by atoms with Crippen LogP contribution in [0.3, 0.4) is 0 Å². The molecule has 0 aliphatic heterocycles. The van der Waals surface area contributed by atoms with E-state index in [-0.39, 0.29) is 49.2 Å². The number of ketones is 1. The van der Waals surface area contributed by atoms with Gasteiger partial charge >= 0.3 is 0 Å². The summed E-state index contributed by atoms with van der Waals surface area (Å²) >= 11 is 0. The third-order valence-electron chi connectivity index (χ3n) is 6.97. The van der Waals surface area contributed by atoms with Crippen LogP contribution in [0.15, 0.2) is 24.3 Å². The number of nitrogens with zero attached hydrogens (tertiary/aromatic N) is 1. The average Bonchev–Trinajstić information content (AvgIpc) is 3.06. The molecule has 0 spiro atoms. The molecule has 0 heterocycles. The van der Waals surface area contributed by atoms with E-state index in [9.17, 15) is 33.6 Å². The second-order valence-corrected chi connectivity index (χ2v) is 11.3. The summed E-state index contributed by atoms with van der Waals surface area (Å²) in [6, 6.07) is 5.11. The number of Topliss-reactive ketones (excluding diaryl/α,β-unsaturated/α-hetero) is 1. The number of nitrogens with one attached hydrogen (secondary N) is 4. The third kappa shape index (κ3) is 18.8. The van der Waals surface area contributed by atoms with Crippen LogP contribution in [0.5, 0.6) is 0 Å². The van der Waals surface area contributed by atoms with Crippen LogP contribution in [0.25, 0.3) is 0 Å². The minimum Gasteiger partial charge on any atom is -0.400 e. The first-order valence-electron chi connectivity index (χ1n) is 16.4. The average molecular weight is 679 g/mol. The van der Waals surface area contributed by atoms with Gasteiger partial charge in [-0.25, -0.2) is 0 Å². The van der Waals surface area contributed by atoms with Gasteiger partial charge < -0.3 is 41.8 Å². The predicted octanol–water partition coefficient (Wildman–Crippen LogP) is 1.61. The lowest BCUT2D eigenvalue weighted by atomic mass is 10.0. The first kappa shape index (κ1) is 46.0. The highest BCUT2D eigenvalue weighted by Crippen LogP contribution is 2.12. The van der Waals surface area contributed by atoms with E-state index in [0.717, 1.165) is 12.8 Å². The number of hydrogen-bond acceptors (Lipinski definition) is 9. The Kier molecular flexibility index (Phi) is 25.7. The van der Waals surface area contributed by atoms with Gasteiger partial charge in [-0.15, -0.1) is 0 Å². The van der Waals surface area contributed by atoms with Crippen molar-refractivity contribution < 1.29 is 38.7 Å². The fourth-order valence-corrected chi connectivity index (χ4v) is 4.39. The molecule has 5 amide bonds. The van der Waals surface area contributed by atoms with Crippen LogP contribution >= 0.6 is 0 Å². The van der Waals surface area contributed by atoms with Crippen LogP contribution in [-0.4, -0.2) is 97.0 Å². The molecule has 0 aliphatic rings. The van der Waals surface area contributed by atoms with Gasteiger partial charge in [-0.05, 0) is 50.8 Å². The number of carbonyl (C=O) groups excluding carboxylic acids is 7. The second kappa shape index (κ2) is 26.9. The minimum absolute atomic E-state index is 0.0545. The highest BCUT2D eigenvalue weighted by molar-refractivity contribution is 5.95. The number of aliphatic hydroxyl groups is 1. The molecule has 1 rings (SSSR count). The van der Waals surface area contributed by atoms with Gasteiger partial charge in [0.2, 0.25) is 29.5 Å². The molecule has 48 heavy (non-hydrogen) atoms. The number of rotatable bonds is 19. The highest BCUT2D eigenvalue weighted by Gasteiger charge is 2.32. The Balaban J connectivity index is 0. The molecular formula is C34H58N6O8. The van der Waals surface area contributed by atoms with Crippen LogP contribution in [0.4, 0.5) is 5.69 Å². The van der Waals surface area contributed by atoms with Crippen LogP contribution in [0, 0.1) is 12.8 Å². The Bertz CT molecular complexity index is 1140. The summed E-state index contributed by atoms with van der Waals surface area (Å²) in [6.45, 7) is 10.9. The molecule has 14 heteroatoms. The van der Waals surface area contributed by atoms with Crippen LogP contribution in [0.1, 0.15) is 85.1 Å². The lowest BCUT2D eigenvalue weighted by Crippen LogP contribution is -2.56. The topological polar surface area (TPSA) is 217 Å². The van der Waals surface area contributed by atoms with Gasteiger partial charge in [0, 0.05) is 45.5 Å². The second-order valence-electron chi connectivity index (χ2n) is 11.3. The maximum absolute atomic E-state index is 13.0. The lowest BCUT2D eigenvalue weighted by molar-refractivity contribution is -0.141. The summed E-state index contributed by atoms with van der Waals surface area (Å²) < 4.78 is 0. The molecule has 0 saturated heterocycles. The molecule has 272 valence electrons. The number of aldehydes is 1. The summed E-state index contributed by atoms with van der Waals surface area (Å²) in [7, 11) is 2.55. The third-order valence-corrected chi connectivity index (χ3v) is 6.97. The van der Waals surface area contributed by atoms with Crippen LogP contribution < -0.4 is 27.0 Å². The van der Waals surface area contributed by atoms with E-state index in [1.165, 1.54) is 10.5 Å². The van der Waals surface area contributed by atoms with E-state index in [0.29, 0.717) is 32.1 Å². The Morgan fingerprint density at radius 1 is 0.896 bits per heavy atom. The number of nitrogens with two attached hydrogens (primary N) is 1. The molecule has 0 bridgehead atoms. The maximum atomic E-state index is 13.0. The molecular weight excluding hydrogens is 620 g/mol. The summed E-state index contributed by atoms with van der Waals surface area (Å²) in [5.74, 6) is -2.28. The summed E-state index contributed by atoms with van der Waals surface area (Å²) in [4.78, 5) is 85.3. The number of likely N-dealkylation sites (N-methyl/N-ethyl adjacent to an activating group) is 1. The van der Waals surface area contributed by atoms with Gasteiger partial charge in [-0.2, -0.15) is 0 Å². The molecule has 3 atom stereocenters. The van der Waals surface area contributed by atoms with Crippen molar-refractivity contribution in [3.8, 4) is 0 Å². The van der Waals surface area contributed by atoms with E-state index in [2.05, 4.69) is 21.3 Å². The molecule has 1 aromatic rings. The Labute approximate surface area is 285 Å². The quantitative estimate of drug-likeness (QED) is 0.117. The first-order chi connectivity index (χ1) is 22.7. The van der Waals surface area contributed by atoms with E-state index in [1.54, 1.807) is 27.8 Å². The zero-order chi connectivity index (χ0) is 37.2. The molecule has 7 N–H and O–H groups in total. The molecule has 0 saturated carbocycles. The number of amides is 5. The normalized spacial score (nSPS) is 12.0. The van der Waals surface area contributed by atoms with Gasteiger partial charge in [-0.3, -0.25) is 28.8 Å². The molecule has 0 radical (unpaired) electrons. The molecule has 1 aromatic carbocycles. The zero-order valence-corrected chi connectivity index (χ0v) is 29.9. The van der Waals surface area contributed by atoms with Crippen molar-refractivity contribution in [2.24, 2.45) is 11.7 Å². The predicted molar refractivity (Wildman–Crippen MR) is 186 cm³/mol. The maximum Gasteiger partial charge on any atom is 0.243 e. The Morgan fingerprint density at radius 3 is 1.98 bits per heavy atom. The van der Waals surface area contributed by atoms with E-state index < -0.39 is 42.4 Å². The van der Waals surface area contributed by atoms with Gasteiger partial charge in [0.05, 0.1) is 12.6 Å². The number of aryl methyl sites for hydroxylation is 1. The summed E-state index contributed by atoms with van der Waals surface area (Å²) in [5.41, 5.74) is 7.62. The summed E-state index contributed by atoms with van der Waals surface area (Å²) in [5, 5.41) is 17.4. The van der Waals surface area contributed by atoms with Gasteiger partial charge in [0.25, 0.3) is 0 Å². The lowest BCUT2D eigenvalue weighted by Gasteiger charge is -2.31. The Hall–Kier alpha value is -4.17. The summed E-state index contributed by atoms with van der Waals surface area (Å²) in [6.07, 6.45) is 2.68. The van der Waals surface area contributed by atoms with Gasteiger partial charge in [0.15, 0.2) is 5.78 Å². The number of hydrogen-bond donors (Lipinski definition) is 6. The van der Waals surface area contributed by atoms with Crippen molar-refractivity contribution >= 4 is 47.3 Å². The van der Waals surface area contributed by atoms with Crippen LogP contribution in [-0.2, 0) is 33.6 Å². The van der Waals surface area contributed by atoms with E-state index >= 15 is 0 Å². The van der Waals surface area contributed by atoms with Crippen LogP contribution in [0.2, 0.25) is 0 Å². The first-order valence-corrected chi connectivity index (χ1v) is 16.4. The highest BCUT2D eigenvalue weighted by atomic mass is 16.2. The largest absolute Gasteiger partial charge is 0.400 e. The fourth-order valence-electron chi connectivity index (χ4n) is 4.39. The SMILES string of the molecule is CCC(=O)Nc1ccc(C)cc1.CCCC(=O)C(CC=O)NC(=O)CNC(=O)C(CCCN)NC(=O)C(C(C)C)N(C)C(=O)CC.CO. The van der Waals surface area contributed by atoms with Crippen molar-refractivity contribution in [2.75, 3.05) is 32.6 Å². The molecule has 14 nitrogen and oxygen atoms in total. The van der Waals surface area contributed by atoms with E-state index in [1.807, 2.05) is 45.0 Å². The Morgan fingerprint density at radius 2 is 1.50 bits per heavy atom. The van der Waals surface area contributed by atoms with E-state index in [4.69, 9.17) is 10.8 Å². The smallest absolute Gasteiger partial charge is 0.243 e. The standard InChI is InChI=1S/C23H41N5O6.C10H13NO.CH4O/c1-6-9-18(30)16(11-13-29)26-19(31)14-25-22(33)17(10-8-12-24)27-23(34)21(15(3)4)28(5)20(32)7-2;1-3-10(12)11-9-6-4-8(2)5-7-9;1-2/h13,15-17,21H,6-12,14,24H2,1-5H3,(H,25,33)(H,26,31)(H,27,34);4-7H,3H2,1-2H3,(H,11,12);2H,1H3. The number of carbonyl (C=O) groups is 7. The van der Waals surface area contributed by atoms with Gasteiger partial charge in [-0.1, -0.05) is 52.3 Å². The fraction of sp³-hybridized carbons (Fsp3) is 0.618. The molecule has 0 fully saturated rings. The van der Waals surface area contributed by atoms with Crippen molar-refractivity contribution in [1.82, 2.24) is 20.9 Å². The van der Waals surface area contributed by atoms with Crippen molar-refractivity contribution in [3.63, 3.8) is 0 Å². The zero-order valence-electron chi connectivity index (χ0n) is 29.9. The minimum atomic E-state index is -0.956. The van der Waals surface area contributed by atoms with Crippen molar-refractivity contribution in [1.29, 1.82) is 0 Å².